The predicted molar refractivity (Wildman–Crippen MR) is 87.2 cm³/mol. The van der Waals surface area contributed by atoms with Crippen molar-refractivity contribution in [2.75, 3.05) is 11.1 Å². The molecule has 0 aliphatic rings. The lowest BCUT2D eigenvalue weighted by Gasteiger charge is -2.14. The second-order valence-electron chi connectivity index (χ2n) is 4.62. The molecular formula is C15H19BrN4. The number of hydrogen-bond acceptors (Lipinski definition) is 4. The van der Waals surface area contributed by atoms with Crippen LogP contribution in [0, 0.1) is 0 Å². The third-order valence-corrected chi connectivity index (χ3v) is 3.67. The first-order chi connectivity index (χ1) is 9.65. The summed E-state index contributed by atoms with van der Waals surface area (Å²) < 4.78 is 1.08. The second kappa shape index (κ2) is 6.70. The predicted octanol–water partition coefficient (Wildman–Crippen LogP) is 4.08. The lowest BCUT2D eigenvalue weighted by Crippen LogP contribution is -2.06. The standard InChI is InChI=1S/C15H19BrN4/c1-3-5-12-14(17)18-9-19-15(12)20-13-7-6-11(16)8-10(13)4-2/h6-9H,3-5H2,1-2H3,(H3,17,18,19,20). The van der Waals surface area contributed by atoms with E-state index in [9.17, 15) is 0 Å². The maximum atomic E-state index is 5.96. The minimum Gasteiger partial charge on any atom is -0.383 e. The van der Waals surface area contributed by atoms with E-state index in [-0.39, 0.29) is 0 Å². The number of nitrogens with two attached hydrogens (primary N) is 1. The lowest BCUT2D eigenvalue weighted by atomic mass is 10.1. The van der Waals surface area contributed by atoms with Crippen molar-refractivity contribution in [3.05, 3.63) is 40.1 Å². The van der Waals surface area contributed by atoms with Crippen molar-refractivity contribution < 1.29 is 0 Å². The number of nitrogens with zero attached hydrogens (tertiary/aromatic N) is 2. The minimum absolute atomic E-state index is 0.555. The Morgan fingerprint density at radius 3 is 2.75 bits per heavy atom. The molecule has 2 aromatic rings. The summed E-state index contributed by atoms with van der Waals surface area (Å²) in [7, 11) is 0. The van der Waals surface area contributed by atoms with Crippen LogP contribution in [0.5, 0.6) is 0 Å². The maximum absolute atomic E-state index is 5.96. The van der Waals surface area contributed by atoms with E-state index in [2.05, 4.69) is 57.2 Å². The smallest absolute Gasteiger partial charge is 0.139 e. The molecule has 0 saturated heterocycles. The molecule has 0 spiro atoms. The van der Waals surface area contributed by atoms with Crippen molar-refractivity contribution in [1.82, 2.24) is 9.97 Å². The Morgan fingerprint density at radius 1 is 1.25 bits per heavy atom. The van der Waals surface area contributed by atoms with Crippen LogP contribution >= 0.6 is 15.9 Å². The van der Waals surface area contributed by atoms with E-state index in [1.165, 1.54) is 11.9 Å². The zero-order valence-electron chi connectivity index (χ0n) is 11.8. The summed E-state index contributed by atoms with van der Waals surface area (Å²) >= 11 is 3.50. The molecule has 2 rings (SSSR count). The highest BCUT2D eigenvalue weighted by Crippen LogP contribution is 2.27. The van der Waals surface area contributed by atoms with Gasteiger partial charge in [0, 0.05) is 15.7 Å². The van der Waals surface area contributed by atoms with Gasteiger partial charge >= 0.3 is 0 Å². The molecule has 4 nitrogen and oxygen atoms in total. The Labute approximate surface area is 128 Å². The van der Waals surface area contributed by atoms with Gasteiger partial charge in [-0.1, -0.05) is 36.2 Å². The number of aromatic nitrogens is 2. The minimum atomic E-state index is 0.555. The van der Waals surface area contributed by atoms with Crippen LogP contribution in [0.3, 0.4) is 0 Å². The van der Waals surface area contributed by atoms with Crippen LogP contribution < -0.4 is 11.1 Å². The molecule has 0 aliphatic carbocycles. The quantitative estimate of drug-likeness (QED) is 0.864. The summed E-state index contributed by atoms with van der Waals surface area (Å²) in [5.74, 6) is 1.36. The van der Waals surface area contributed by atoms with Crippen LogP contribution in [0.4, 0.5) is 17.3 Å². The van der Waals surface area contributed by atoms with E-state index < -0.39 is 0 Å². The number of benzene rings is 1. The SMILES string of the molecule is CCCc1c(N)ncnc1Nc1ccc(Br)cc1CC. The average molecular weight is 335 g/mol. The summed E-state index contributed by atoms with van der Waals surface area (Å²) in [5, 5.41) is 3.39. The number of anilines is 3. The zero-order valence-corrected chi connectivity index (χ0v) is 13.4. The molecule has 5 heteroatoms. The van der Waals surface area contributed by atoms with Gasteiger partial charge in [-0.25, -0.2) is 9.97 Å². The molecule has 0 saturated carbocycles. The van der Waals surface area contributed by atoms with Gasteiger partial charge in [-0.3, -0.25) is 0 Å². The first kappa shape index (κ1) is 14.8. The summed E-state index contributed by atoms with van der Waals surface area (Å²) in [4.78, 5) is 8.41. The molecule has 20 heavy (non-hydrogen) atoms. The van der Waals surface area contributed by atoms with Crippen molar-refractivity contribution in [1.29, 1.82) is 0 Å². The lowest BCUT2D eigenvalue weighted by molar-refractivity contribution is 0.908. The van der Waals surface area contributed by atoms with Gasteiger partial charge in [0.15, 0.2) is 0 Å². The van der Waals surface area contributed by atoms with E-state index in [1.54, 1.807) is 0 Å². The van der Waals surface area contributed by atoms with Crippen LogP contribution in [0.25, 0.3) is 0 Å². The van der Waals surface area contributed by atoms with E-state index >= 15 is 0 Å². The Hall–Kier alpha value is -1.62. The number of hydrogen-bond donors (Lipinski definition) is 2. The summed E-state index contributed by atoms with van der Waals surface area (Å²) in [6.45, 7) is 4.25. The molecule has 1 aromatic carbocycles. The molecule has 3 N–H and O–H groups in total. The van der Waals surface area contributed by atoms with Crippen LogP contribution in [0.15, 0.2) is 29.0 Å². The first-order valence-electron chi connectivity index (χ1n) is 6.80. The van der Waals surface area contributed by atoms with Gasteiger partial charge in [-0.05, 0) is 36.6 Å². The summed E-state index contributed by atoms with van der Waals surface area (Å²) in [6.07, 6.45) is 4.33. The number of nitrogen functional groups attached to an aromatic ring is 1. The van der Waals surface area contributed by atoms with Crippen LogP contribution in [-0.2, 0) is 12.8 Å². The monoisotopic (exact) mass is 334 g/mol. The Morgan fingerprint density at radius 2 is 2.05 bits per heavy atom. The Bertz CT molecular complexity index is 598. The van der Waals surface area contributed by atoms with Gasteiger partial charge in [-0.15, -0.1) is 0 Å². The molecule has 0 fully saturated rings. The third-order valence-electron chi connectivity index (χ3n) is 3.18. The third kappa shape index (κ3) is 3.28. The summed E-state index contributed by atoms with van der Waals surface area (Å²) in [5.41, 5.74) is 9.24. The number of aryl methyl sites for hydroxylation is 1. The van der Waals surface area contributed by atoms with Gasteiger partial charge in [-0.2, -0.15) is 0 Å². The molecular weight excluding hydrogens is 316 g/mol. The molecule has 0 amide bonds. The average Bonchev–Trinajstić information content (AvgIpc) is 2.44. The number of rotatable bonds is 5. The zero-order chi connectivity index (χ0) is 14.5. The van der Waals surface area contributed by atoms with Crippen molar-refractivity contribution in [2.24, 2.45) is 0 Å². The van der Waals surface area contributed by atoms with Crippen molar-refractivity contribution in [3.8, 4) is 0 Å². The van der Waals surface area contributed by atoms with E-state index in [1.807, 2.05) is 6.07 Å². The van der Waals surface area contributed by atoms with Crippen LogP contribution in [0.1, 0.15) is 31.4 Å². The molecule has 0 atom stereocenters. The number of halogens is 1. The largest absolute Gasteiger partial charge is 0.383 e. The van der Waals surface area contributed by atoms with Gasteiger partial charge < -0.3 is 11.1 Å². The van der Waals surface area contributed by atoms with E-state index in [0.717, 1.165) is 40.8 Å². The van der Waals surface area contributed by atoms with E-state index in [4.69, 9.17) is 5.73 Å². The Balaban J connectivity index is 2.37. The molecule has 0 unspecified atom stereocenters. The second-order valence-corrected chi connectivity index (χ2v) is 5.53. The molecule has 1 heterocycles. The fourth-order valence-corrected chi connectivity index (χ4v) is 2.54. The molecule has 0 bridgehead atoms. The number of nitrogens with one attached hydrogen (secondary N) is 1. The van der Waals surface area contributed by atoms with Crippen molar-refractivity contribution in [2.45, 2.75) is 33.1 Å². The maximum Gasteiger partial charge on any atom is 0.139 e. The van der Waals surface area contributed by atoms with Gasteiger partial charge in [0.1, 0.15) is 18.0 Å². The van der Waals surface area contributed by atoms with Crippen LogP contribution in [0.2, 0.25) is 0 Å². The first-order valence-corrected chi connectivity index (χ1v) is 7.59. The topological polar surface area (TPSA) is 63.8 Å². The summed E-state index contributed by atoms with van der Waals surface area (Å²) in [6, 6.07) is 6.19. The molecule has 1 aromatic heterocycles. The van der Waals surface area contributed by atoms with Crippen molar-refractivity contribution >= 4 is 33.3 Å². The van der Waals surface area contributed by atoms with Crippen molar-refractivity contribution in [3.63, 3.8) is 0 Å². The van der Waals surface area contributed by atoms with Gasteiger partial charge in [0.2, 0.25) is 0 Å². The molecule has 106 valence electrons. The Kier molecular flexibility index (Phi) is 4.95. The fraction of sp³-hybridized carbons (Fsp3) is 0.333. The highest BCUT2D eigenvalue weighted by atomic mass is 79.9. The normalized spacial score (nSPS) is 10.6. The highest BCUT2D eigenvalue weighted by Gasteiger charge is 2.10. The van der Waals surface area contributed by atoms with Crippen LogP contribution in [-0.4, -0.2) is 9.97 Å². The molecule has 0 radical (unpaired) electrons. The highest BCUT2D eigenvalue weighted by molar-refractivity contribution is 9.10. The fourth-order valence-electron chi connectivity index (χ4n) is 2.13. The van der Waals surface area contributed by atoms with Gasteiger partial charge in [0.25, 0.3) is 0 Å². The van der Waals surface area contributed by atoms with Gasteiger partial charge in [0.05, 0.1) is 0 Å². The molecule has 0 aliphatic heterocycles. The van der Waals surface area contributed by atoms with E-state index in [0.29, 0.717) is 5.82 Å².